The quantitative estimate of drug-likeness (QED) is 0.272. The van der Waals surface area contributed by atoms with Gasteiger partial charge in [0, 0.05) is 59.0 Å². The second-order valence-electron chi connectivity index (χ2n) is 9.46. The number of hydrogen-bond acceptors (Lipinski definition) is 6. The van der Waals surface area contributed by atoms with Crippen molar-refractivity contribution in [1.29, 1.82) is 0 Å². The summed E-state index contributed by atoms with van der Waals surface area (Å²) in [6, 6.07) is 9.38. The van der Waals surface area contributed by atoms with Crippen molar-refractivity contribution in [3.8, 4) is 11.1 Å². The average molecular weight is 559 g/mol. The summed E-state index contributed by atoms with van der Waals surface area (Å²) < 4.78 is 70.5. The number of alkyl halides is 5. The Morgan fingerprint density at radius 2 is 1.75 bits per heavy atom. The minimum absolute atomic E-state index is 0.0273. The molecule has 1 atom stereocenters. The highest BCUT2D eigenvalue weighted by molar-refractivity contribution is 6.13. The molecule has 0 saturated heterocycles. The highest BCUT2D eigenvalue weighted by Gasteiger charge is 2.33. The molecule has 5 rings (SSSR count). The van der Waals surface area contributed by atoms with Crippen LogP contribution in [0.5, 0.6) is 0 Å². The highest BCUT2D eigenvalue weighted by Crippen LogP contribution is 2.38. The van der Waals surface area contributed by atoms with E-state index in [2.05, 4.69) is 20.4 Å². The highest BCUT2D eigenvalue weighted by atomic mass is 19.4. The number of fused-ring (bicyclic) bond motifs is 3. The molecule has 208 valence electrons. The maximum atomic E-state index is 14.1. The lowest BCUT2D eigenvalue weighted by Gasteiger charge is -2.20. The summed E-state index contributed by atoms with van der Waals surface area (Å²) in [4.78, 5) is 20.8. The van der Waals surface area contributed by atoms with Crippen LogP contribution in [-0.2, 0) is 19.3 Å². The Morgan fingerprint density at radius 3 is 2.42 bits per heavy atom. The van der Waals surface area contributed by atoms with Gasteiger partial charge in [0.1, 0.15) is 23.8 Å². The van der Waals surface area contributed by atoms with Gasteiger partial charge in [-0.2, -0.15) is 18.6 Å². The molecule has 8 nitrogen and oxygen atoms in total. The maximum absolute atomic E-state index is 14.1. The molecule has 0 saturated carbocycles. The number of halogens is 5. The number of pyridine rings is 1. The molecular formula is C27H23F5N6O2. The summed E-state index contributed by atoms with van der Waals surface area (Å²) >= 11 is 0. The number of anilines is 1. The first-order valence-corrected chi connectivity index (χ1v) is 12.1. The van der Waals surface area contributed by atoms with E-state index in [0.29, 0.717) is 22.1 Å². The Bertz CT molecular complexity index is 1810. The van der Waals surface area contributed by atoms with E-state index in [1.54, 1.807) is 26.0 Å². The fourth-order valence-corrected chi connectivity index (χ4v) is 4.51. The number of aryl methyl sites for hydroxylation is 2. The zero-order chi connectivity index (χ0) is 29.0. The van der Waals surface area contributed by atoms with Gasteiger partial charge in [-0.05, 0) is 37.6 Å². The first kappa shape index (κ1) is 27.2. The van der Waals surface area contributed by atoms with Crippen LogP contribution < -0.4 is 10.9 Å². The van der Waals surface area contributed by atoms with Crippen LogP contribution in [0.25, 0.3) is 32.9 Å². The van der Waals surface area contributed by atoms with Crippen molar-refractivity contribution in [3.05, 3.63) is 82.2 Å². The van der Waals surface area contributed by atoms with E-state index >= 15 is 0 Å². The van der Waals surface area contributed by atoms with Crippen LogP contribution in [0.1, 0.15) is 29.9 Å². The van der Waals surface area contributed by atoms with Gasteiger partial charge in [0.15, 0.2) is 0 Å². The Balaban J connectivity index is 1.71. The normalized spacial score (nSPS) is 13.2. The van der Waals surface area contributed by atoms with E-state index in [-0.39, 0.29) is 43.9 Å². The fourth-order valence-electron chi connectivity index (χ4n) is 4.51. The minimum atomic E-state index is -4.79. The summed E-state index contributed by atoms with van der Waals surface area (Å²) in [5, 5.41) is 16.5. The van der Waals surface area contributed by atoms with Crippen molar-refractivity contribution in [2.24, 2.45) is 7.05 Å². The average Bonchev–Trinajstić information content (AvgIpc) is 3.37. The number of aromatic nitrogens is 5. The molecule has 0 aliphatic carbocycles. The zero-order valence-electron chi connectivity index (χ0n) is 21.5. The molecule has 0 spiro atoms. The summed E-state index contributed by atoms with van der Waals surface area (Å²) in [5.74, 6) is -2.90. The predicted octanol–water partition coefficient (Wildman–Crippen LogP) is 5.39. The maximum Gasteiger partial charge on any atom is 0.504 e. The molecule has 0 fully saturated rings. The van der Waals surface area contributed by atoms with Gasteiger partial charge < -0.3 is 15.0 Å². The molecule has 3 aromatic heterocycles. The topological polar surface area (TPSA) is 97.9 Å². The molecule has 0 aliphatic heterocycles. The van der Waals surface area contributed by atoms with Gasteiger partial charge in [-0.3, -0.25) is 4.79 Å². The smallest absolute Gasteiger partial charge is 0.390 e. The third kappa shape index (κ3) is 4.88. The third-order valence-corrected chi connectivity index (χ3v) is 6.59. The molecule has 0 aliphatic rings. The second-order valence-corrected chi connectivity index (χ2v) is 9.46. The van der Waals surface area contributed by atoms with E-state index in [1.165, 1.54) is 48.1 Å². The predicted molar refractivity (Wildman–Crippen MR) is 139 cm³/mol. The van der Waals surface area contributed by atoms with Gasteiger partial charge in [-0.25, -0.2) is 9.97 Å². The van der Waals surface area contributed by atoms with Crippen LogP contribution in [0, 0.1) is 6.92 Å². The molecule has 0 radical (unpaired) electrons. The van der Waals surface area contributed by atoms with Crippen molar-refractivity contribution >= 4 is 27.6 Å². The van der Waals surface area contributed by atoms with Crippen molar-refractivity contribution in [2.45, 2.75) is 32.1 Å². The van der Waals surface area contributed by atoms with Gasteiger partial charge in [0.25, 0.3) is 5.92 Å². The Morgan fingerprint density at radius 1 is 1.00 bits per heavy atom. The number of aliphatic hydroxyl groups is 1. The van der Waals surface area contributed by atoms with Crippen LogP contribution >= 0.6 is 0 Å². The summed E-state index contributed by atoms with van der Waals surface area (Å²) in [6.07, 6.45) is -2.44. The molecule has 2 N–H and O–H groups in total. The molecule has 5 aromatic rings. The standard InChI is InChI=1S/C27H23F5N6O2/c1-14(16-5-4-6-18(9-16)26(28,29)13-39)33-25-20-10-19(17-7-8-22(40)37(3)11-17)24-21(23(20)34-15(2)35-25)12-38(36-24)27(30,31)32/h4-12,14,39H,13H2,1-3H3,(H,33,34,35). The van der Waals surface area contributed by atoms with E-state index < -0.39 is 24.9 Å². The number of aliphatic hydroxyl groups excluding tert-OH is 1. The van der Waals surface area contributed by atoms with Crippen molar-refractivity contribution in [1.82, 2.24) is 24.3 Å². The lowest BCUT2D eigenvalue weighted by molar-refractivity contribution is -0.211. The van der Waals surface area contributed by atoms with Crippen molar-refractivity contribution < 1.29 is 27.1 Å². The molecule has 2 aromatic carbocycles. The summed E-state index contributed by atoms with van der Waals surface area (Å²) in [7, 11) is 1.52. The number of hydrogen-bond donors (Lipinski definition) is 2. The van der Waals surface area contributed by atoms with Gasteiger partial charge in [0.05, 0.1) is 5.52 Å². The molecule has 1 unspecified atom stereocenters. The minimum Gasteiger partial charge on any atom is -0.390 e. The summed E-state index contributed by atoms with van der Waals surface area (Å²) in [5.41, 5.74) is 0.809. The van der Waals surface area contributed by atoms with Crippen LogP contribution in [-0.4, -0.2) is 36.0 Å². The van der Waals surface area contributed by atoms with Gasteiger partial charge >= 0.3 is 6.30 Å². The molecular weight excluding hydrogens is 535 g/mol. The van der Waals surface area contributed by atoms with E-state index in [1.807, 2.05) is 0 Å². The van der Waals surface area contributed by atoms with Gasteiger partial charge in [-0.15, -0.1) is 13.2 Å². The first-order valence-electron chi connectivity index (χ1n) is 12.1. The van der Waals surface area contributed by atoms with E-state index in [9.17, 15) is 26.7 Å². The number of benzene rings is 2. The lowest BCUT2D eigenvalue weighted by atomic mass is 10.00. The molecule has 0 bridgehead atoms. The molecule has 13 heteroatoms. The van der Waals surface area contributed by atoms with Crippen LogP contribution in [0.3, 0.4) is 0 Å². The lowest BCUT2D eigenvalue weighted by Crippen LogP contribution is -2.19. The number of nitrogens with one attached hydrogen (secondary N) is 1. The first-order chi connectivity index (χ1) is 18.8. The number of rotatable bonds is 6. The fraction of sp³-hybridized carbons (Fsp3) is 0.259. The van der Waals surface area contributed by atoms with Crippen LogP contribution in [0.15, 0.2) is 59.7 Å². The zero-order valence-corrected chi connectivity index (χ0v) is 21.5. The van der Waals surface area contributed by atoms with Crippen molar-refractivity contribution in [3.63, 3.8) is 0 Å². The SMILES string of the molecule is Cc1nc(NC(C)c2cccc(C(F)(F)CO)c2)c2cc(-c3ccc(=O)n(C)c3)c3nn(C(F)(F)F)cc3c2n1. The van der Waals surface area contributed by atoms with Crippen LogP contribution in [0.4, 0.5) is 27.8 Å². The Hall–Kier alpha value is -4.39. The monoisotopic (exact) mass is 558 g/mol. The van der Waals surface area contributed by atoms with Crippen molar-refractivity contribution in [2.75, 3.05) is 11.9 Å². The third-order valence-electron chi connectivity index (χ3n) is 6.59. The molecule has 0 amide bonds. The largest absolute Gasteiger partial charge is 0.504 e. The van der Waals surface area contributed by atoms with Gasteiger partial charge in [-0.1, -0.05) is 18.2 Å². The molecule has 3 heterocycles. The second kappa shape index (κ2) is 9.66. The number of nitrogens with zero attached hydrogens (tertiary/aromatic N) is 5. The van der Waals surface area contributed by atoms with E-state index in [0.717, 1.165) is 6.20 Å². The van der Waals surface area contributed by atoms with Crippen LogP contribution in [0.2, 0.25) is 0 Å². The Kier molecular flexibility index (Phi) is 6.57. The summed E-state index contributed by atoms with van der Waals surface area (Å²) in [6.45, 7) is 1.95. The Labute approximate surface area is 223 Å². The van der Waals surface area contributed by atoms with Gasteiger partial charge in [0.2, 0.25) is 5.56 Å². The van der Waals surface area contributed by atoms with E-state index in [4.69, 9.17) is 5.11 Å². The molecule has 40 heavy (non-hydrogen) atoms.